The zero-order valence-electron chi connectivity index (χ0n) is 13.2. The van der Waals surface area contributed by atoms with Crippen molar-refractivity contribution in [2.45, 2.75) is 31.4 Å². The molecule has 2 heterocycles. The van der Waals surface area contributed by atoms with E-state index in [1.165, 1.54) is 22.6 Å². The van der Waals surface area contributed by atoms with Crippen LogP contribution < -0.4 is 5.56 Å². The zero-order valence-corrected chi connectivity index (χ0v) is 14.8. The first-order chi connectivity index (χ1) is 11.1. The van der Waals surface area contributed by atoms with Crippen molar-refractivity contribution in [1.29, 1.82) is 0 Å². The van der Waals surface area contributed by atoms with E-state index < -0.39 is 0 Å². The van der Waals surface area contributed by atoms with Crippen LogP contribution in [0, 0.1) is 0 Å². The van der Waals surface area contributed by atoms with Crippen LogP contribution in [0.25, 0.3) is 10.2 Å². The third-order valence-electron chi connectivity index (χ3n) is 3.95. The van der Waals surface area contributed by atoms with Gasteiger partial charge in [0.25, 0.3) is 5.56 Å². The van der Waals surface area contributed by atoms with Gasteiger partial charge in [-0.15, -0.1) is 11.3 Å². The Hall–Kier alpha value is -1.38. The smallest absolute Gasteiger partial charge is 0.259 e. The molecule has 0 bridgehead atoms. The first-order valence-electron chi connectivity index (χ1n) is 7.52. The minimum Gasteiger partial charge on any atom is -0.309 e. The third-order valence-corrected chi connectivity index (χ3v) is 6.10. The average molecular weight is 353 g/mol. The van der Waals surface area contributed by atoms with Crippen molar-refractivity contribution >= 4 is 39.2 Å². The van der Waals surface area contributed by atoms with Gasteiger partial charge in [0.2, 0.25) is 5.91 Å². The Labute approximate surface area is 142 Å². The van der Waals surface area contributed by atoms with Crippen molar-refractivity contribution in [2.75, 3.05) is 19.9 Å². The summed E-state index contributed by atoms with van der Waals surface area (Å²) >= 11 is 3.23. The lowest BCUT2D eigenvalue weighted by molar-refractivity contribution is -0.168. The van der Waals surface area contributed by atoms with Gasteiger partial charge in [0.05, 0.1) is 18.2 Å². The number of hydrogen-bond donors (Lipinski definition) is 1. The van der Waals surface area contributed by atoms with Gasteiger partial charge < -0.3 is 4.98 Å². The fourth-order valence-electron chi connectivity index (χ4n) is 2.70. The Kier molecular flexibility index (Phi) is 5.03. The van der Waals surface area contributed by atoms with E-state index >= 15 is 0 Å². The number of rotatable bonds is 6. The molecule has 0 aromatic carbocycles. The van der Waals surface area contributed by atoms with E-state index in [0.717, 1.165) is 29.5 Å². The Bertz CT molecular complexity index is 784. The van der Waals surface area contributed by atoms with Gasteiger partial charge >= 0.3 is 0 Å². The highest BCUT2D eigenvalue weighted by molar-refractivity contribution is 7.98. The van der Waals surface area contributed by atoms with E-state index in [0.29, 0.717) is 23.8 Å². The lowest BCUT2D eigenvalue weighted by Crippen LogP contribution is -2.25. The molecule has 6 nitrogen and oxygen atoms in total. The summed E-state index contributed by atoms with van der Waals surface area (Å²) in [5.41, 5.74) is 1.17. The second kappa shape index (κ2) is 7.02. The van der Waals surface area contributed by atoms with Crippen molar-refractivity contribution < 1.29 is 9.63 Å². The number of nitrogens with one attached hydrogen (secondary N) is 1. The average Bonchev–Trinajstić information content (AvgIpc) is 3.10. The summed E-state index contributed by atoms with van der Waals surface area (Å²) in [5, 5.41) is 2.01. The number of thiophene rings is 1. The van der Waals surface area contributed by atoms with Gasteiger partial charge in [0, 0.05) is 24.1 Å². The molecule has 8 heteroatoms. The molecule has 0 spiro atoms. The predicted molar refractivity (Wildman–Crippen MR) is 92.8 cm³/mol. The molecule has 0 saturated heterocycles. The van der Waals surface area contributed by atoms with E-state index in [9.17, 15) is 9.59 Å². The number of fused-ring (bicyclic) bond motifs is 3. The van der Waals surface area contributed by atoms with Crippen molar-refractivity contribution in [3.63, 3.8) is 0 Å². The number of H-pyrrole nitrogens is 1. The molecule has 1 aliphatic rings. The monoisotopic (exact) mass is 353 g/mol. The number of carbonyl (C=O) groups excluding carboxylic acids is 1. The summed E-state index contributed by atoms with van der Waals surface area (Å²) in [7, 11) is 3.06. The molecule has 1 N–H and O–H groups in total. The highest BCUT2D eigenvalue weighted by Gasteiger charge is 2.21. The van der Waals surface area contributed by atoms with E-state index in [2.05, 4.69) is 9.97 Å². The highest BCUT2D eigenvalue weighted by atomic mass is 32.2. The minimum absolute atomic E-state index is 0.0276. The zero-order chi connectivity index (χ0) is 16.4. The maximum absolute atomic E-state index is 12.3. The molecular formula is C15H19N3O3S2. The van der Waals surface area contributed by atoms with Gasteiger partial charge in [0.1, 0.15) is 10.7 Å². The molecule has 1 amide bonds. The molecular weight excluding hydrogens is 334 g/mol. The van der Waals surface area contributed by atoms with Crippen LogP contribution in [0.1, 0.15) is 29.1 Å². The minimum atomic E-state index is -0.0633. The highest BCUT2D eigenvalue weighted by Crippen LogP contribution is 2.34. The normalized spacial score (nSPS) is 13.5. The summed E-state index contributed by atoms with van der Waals surface area (Å²) in [4.78, 5) is 38.4. The standard InChI is InChI=1S/C15H19N3O3S2/c1-18(21-2)12(19)6-7-22-8-11-16-14(20)13-9-4-3-5-10(9)23-15(13)17-11/h3-8H2,1-2H3,(H,16,17,20). The fraction of sp³-hybridized carbons (Fsp3) is 0.533. The predicted octanol–water partition coefficient (Wildman–Crippen LogP) is 2.12. The third kappa shape index (κ3) is 3.44. The summed E-state index contributed by atoms with van der Waals surface area (Å²) in [5.74, 6) is 1.87. The molecule has 2 aromatic heterocycles. The number of hydrogen-bond acceptors (Lipinski definition) is 6. The number of aryl methyl sites for hydroxylation is 2. The lowest BCUT2D eigenvalue weighted by atomic mass is 10.2. The molecule has 124 valence electrons. The number of carbonyl (C=O) groups is 1. The van der Waals surface area contributed by atoms with Gasteiger partial charge in [0.15, 0.2) is 0 Å². The largest absolute Gasteiger partial charge is 0.309 e. The molecule has 0 saturated carbocycles. The molecule has 3 rings (SSSR count). The Morgan fingerprint density at radius 3 is 3.09 bits per heavy atom. The van der Waals surface area contributed by atoms with Gasteiger partial charge in [-0.3, -0.25) is 14.4 Å². The van der Waals surface area contributed by atoms with Crippen LogP contribution in [0.2, 0.25) is 0 Å². The fourth-order valence-corrected chi connectivity index (χ4v) is 4.78. The number of hydroxylamine groups is 2. The molecule has 0 fully saturated rings. The molecule has 1 aliphatic carbocycles. The van der Waals surface area contributed by atoms with E-state index in [4.69, 9.17) is 4.84 Å². The second-order valence-corrected chi connectivity index (χ2v) is 7.62. The number of aromatic nitrogens is 2. The van der Waals surface area contributed by atoms with Gasteiger partial charge in [-0.1, -0.05) is 0 Å². The SMILES string of the molecule is CON(C)C(=O)CCSCc1nc2sc3c(c2c(=O)[nH]1)CCC3. The van der Waals surface area contributed by atoms with Crippen molar-refractivity contribution in [3.05, 3.63) is 26.6 Å². The van der Waals surface area contributed by atoms with Gasteiger partial charge in [-0.2, -0.15) is 11.8 Å². The van der Waals surface area contributed by atoms with Crippen LogP contribution >= 0.6 is 23.1 Å². The molecule has 0 unspecified atom stereocenters. The lowest BCUT2D eigenvalue weighted by Gasteiger charge is -2.12. The summed E-state index contributed by atoms with van der Waals surface area (Å²) < 4.78 is 0. The van der Waals surface area contributed by atoms with Crippen LogP contribution in [0.15, 0.2) is 4.79 Å². The van der Waals surface area contributed by atoms with Gasteiger partial charge in [-0.05, 0) is 24.8 Å². The van der Waals surface area contributed by atoms with E-state index in [-0.39, 0.29) is 11.5 Å². The van der Waals surface area contributed by atoms with E-state index in [1.807, 2.05) is 0 Å². The summed E-state index contributed by atoms with van der Waals surface area (Å²) in [6.07, 6.45) is 3.59. The Morgan fingerprint density at radius 1 is 1.48 bits per heavy atom. The summed E-state index contributed by atoms with van der Waals surface area (Å²) in [6, 6.07) is 0. The molecule has 0 aliphatic heterocycles. The van der Waals surface area contributed by atoms with E-state index in [1.54, 1.807) is 30.1 Å². The van der Waals surface area contributed by atoms with Crippen molar-refractivity contribution in [1.82, 2.24) is 15.0 Å². The Balaban J connectivity index is 1.63. The number of thioether (sulfide) groups is 1. The quantitative estimate of drug-likeness (QED) is 0.636. The number of aromatic amines is 1. The Morgan fingerprint density at radius 2 is 2.30 bits per heavy atom. The number of nitrogens with zero attached hydrogens (tertiary/aromatic N) is 2. The number of amides is 1. The molecule has 23 heavy (non-hydrogen) atoms. The van der Waals surface area contributed by atoms with Crippen LogP contribution in [0.3, 0.4) is 0 Å². The maximum atomic E-state index is 12.3. The maximum Gasteiger partial charge on any atom is 0.259 e. The molecule has 0 radical (unpaired) electrons. The first-order valence-corrected chi connectivity index (χ1v) is 9.49. The van der Waals surface area contributed by atoms with Crippen molar-refractivity contribution in [2.24, 2.45) is 0 Å². The molecule has 2 aromatic rings. The van der Waals surface area contributed by atoms with Crippen LogP contribution in [-0.4, -0.2) is 40.8 Å². The first kappa shape index (κ1) is 16.5. The van der Waals surface area contributed by atoms with Crippen LogP contribution in [-0.2, 0) is 28.2 Å². The van der Waals surface area contributed by atoms with Crippen LogP contribution in [0.5, 0.6) is 0 Å². The molecule has 0 atom stereocenters. The second-order valence-electron chi connectivity index (χ2n) is 5.43. The van der Waals surface area contributed by atoms with Crippen LogP contribution in [0.4, 0.5) is 0 Å². The topological polar surface area (TPSA) is 75.3 Å². The van der Waals surface area contributed by atoms with Crippen molar-refractivity contribution in [3.8, 4) is 0 Å². The summed E-state index contributed by atoms with van der Waals surface area (Å²) in [6.45, 7) is 0. The van der Waals surface area contributed by atoms with Gasteiger partial charge in [-0.25, -0.2) is 10.0 Å².